The summed E-state index contributed by atoms with van der Waals surface area (Å²) in [5.74, 6) is 1.32. The second-order valence-electron chi connectivity index (χ2n) is 7.04. The van der Waals surface area contributed by atoms with Gasteiger partial charge in [-0.1, -0.05) is 12.1 Å². The zero-order chi connectivity index (χ0) is 19.4. The molecule has 1 saturated heterocycles. The Bertz CT molecular complexity index is 811. The molecule has 1 fully saturated rings. The Morgan fingerprint density at radius 1 is 0.963 bits per heavy atom. The number of aryl methyl sites for hydroxylation is 2. The van der Waals surface area contributed by atoms with Crippen LogP contribution < -0.4 is 14.4 Å². The lowest BCUT2D eigenvalue weighted by atomic mass is 10.1. The summed E-state index contributed by atoms with van der Waals surface area (Å²) in [6, 6.07) is 11.9. The smallest absolute Gasteiger partial charge is 0.180 e. The summed E-state index contributed by atoms with van der Waals surface area (Å²) in [6.07, 6.45) is 0. The molecule has 5 nitrogen and oxygen atoms in total. The van der Waals surface area contributed by atoms with Crippen molar-refractivity contribution >= 4 is 11.5 Å². The summed E-state index contributed by atoms with van der Waals surface area (Å²) >= 11 is 0. The maximum Gasteiger partial charge on any atom is 0.180 e. The van der Waals surface area contributed by atoms with Crippen LogP contribution in [-0.2, 0) is 0 Å². The number of hydrogen-bond acceptors (Lipinski definition) is 5. The molecule has 1 aliphatic heterocycles. The molecule has 0 N–H and O–H groups in total. The molecule has 0 aliphatic carbocycles. The molecule has 27 heavy (non-hydrogen) atoms. The minimum absolute atomic E-state index is 0.0611. The quantitative estimate of drug-likeness (QED) is 0.732. The molecule has 5 heteroatoms. The first kappa shape index (κ1) is 19.2. The fraction of sp³-hybridized carbons (Fsp3) is 0.409. The van der Waals surface area contributed by atoms with Gasteiger partial charge >= 0.3 is 0 Å². The minimum atomic E-state index is 0.0611. The van der Waals surface area contributed by atoms with Gasteiger partial charge in [0.25, 0.3) is 0 Å². The van der Waals surface area contributed by atoms with Crippen LogP contribution in [0.4, 0.5) is 5.69 Å². The van der Waals surface area contributed by atoms with Crippen LogP contribution in [0.2, 0.25) is 0 Å². The molecule has 0 radical (unpaired) electrons. The second kappa shape index (κ2) is 8.44. The van der Waals surface area contributed by atoms with Gasteiger partial charge < -0.3 is 14.4 Å². The van der Waals surface area contributed by atoms with Gasteiger partial charge in [0.15, 0.2) is 5.78 Å². The van der Waals surface area contributed by atoms with Crippen LogP contribution in [0.1, 0.15) is 21.5 Å². The van der Waals surface area contributed by atoms with E-state index in [9.17, 15) is 4.79 Å². The summed E-state index contributed by atoms with van der Waals surface area (Å²) < 4.78 is 10.6. The molecular formula is C22H28N2O3. The van der Waals surface area contributed by atoms with Gasteiger partial charge in [0.05, 0.1) is 26.3 Å². The van der Waals surface area contributed by atoms with E-state index in [0.717, 1.165) is 26.2 Å². The largest absolute Gasteiger partial charge is 0.497 e. The molecule has 1 heterocycles. The minimum Gasteiger partial charge on any atom is -0.497 e. The zero-order valence-electron chi connectivity index (χ0n) is 16.6. The molecule has 1 aliphatic rings. The average Bonchev–Trinajstić information content (AvgIpc) is 2.70. The number of piperazine rings is 1. The Labute approximate surface area is 161 Å². The lowest BCUT2D eigenvalue weighted by Gasteiger charge is -2.36. The normalized spacial score (nSPS) is 14.9. The van der Waals surface area contributed by atoms with Crippen molar-refractivity contribution < 1.29 is 14.3 Å². The molecule has 0 unspecified atom stereocenters. The highest BCUT2D eigenvalue weighted by Gasteiger charge is 2.22. The molecule has 2 aromatic rings. The Hall–Kier alpha value is -2.53. The van der Waals surface area contributed by atoms with Gasteiger partial charge in [-0.3, -0.25) is 9.69 Å². The number of hydrogen-bond donors (Lipinski definition) is 0. The van der Waals surface area contributed by atoms with Crippen LogP contribution in [0.3, 0.4) is 0 Å². The molecule has 144 valence electrons. The molecular weight excluding hydrogens is 340 g/mol. The lowest BCUT2D eigenvalue weighted by molar-refractivity contribution is 0.0923. The maximum atomic E-state index is 12.8. The summed E-state index contributed by atoms with van der Waals surface area (Å²) in [7, 11) is 3.18. The second-order valence-corrected chi connectivity index (χ2v) is 7.04. The van der Waals surface area contributed by atoms with E-state index < -0.39 is 0 Å². The Morgan fingerprint density at radius 2 is 1.70 bits per heavy atom. The number of benzene rings is 2. The van der Waals surface area contributed by atoms with Crippen molar-refractivity contribution in [1.29, 1.82) is 0 Å². The highest BCUT2D eigenvalue weighted by Crippen LogP contribution is 2.26. The number of Topliss-reactive ketones (excluding diaryl/α,β-unsaturated/α-hetero) is 1. The van der Waals surface area contributed by atoms with Gasteiger partial charge in [-0.05, 0) is 49.2 Å². The topological polar surface area (TPSA) is 42.0 Å². The monoisotopic (exact) mass is 368 g/mol. The van der Waals surface area contributed by atoms with E-state index in [1.807, 2.05) is 0 Å². The van der Waals surface area contributed by atoms with E-state index in [1.54, 1.807) is 32.4 Å². The summed E-state index contributed by atoms with van der Waals surface area (Å²) in [5, 5.41) is 0. The highest BCUT2D eigenvalue weighted by molar-refractivity contribution is 6.00. The number of carbonyl (C=O) groups is 1. The van der Waals surface area contributed by atoms with Crippen LogP contribution in [-0.4, -0.2) is 57.6 Å². The summed E-state index contributed by atoms with van der Waals surface area (Å²) in [4.78, 5) is 17.4. The first-order valence-corrected chi connectivity index (χ1v) is 9.31. The predicted octanol–water partition coefficient (Wildman–Crippen LogP) is 3.33. The van der Waals surface area contributed by atoms with Gasteiger partial charge in [0, 0.05) is 31.9 Å². The number of ether oxygens (including phenoxy) is 2. The standard InChI is InChI=1S/C22H28N2O3/c1-16-5-6-17(2)20(13-16)24-11-9-23(10-12-24)15-21(25)19-14-18(26-3)7-8-22(19)27-4/h5-8,13-14H,9-12,15H2,1-4H3. The maximum absolute atomic E-state index is 12.8. The third-order valence-electron chi connectivity index (χ3n) is 5.15. The number of carbonyl (C=O) groups excluding carboxylic acids is 1. The third-order valence-corrected chi connectivity index (χ3v) is 5.15. The third kappa shape index (κ3) is 4.42. The van der Waals surface area contributed by atoms with Crippen LogP contribution >= 0.6 is 0 Å². The number of methoxy groups -OCH3 is 2. The summed E-state index contributed by atoms with van der Waals surface area (Å²) in [5.41, 5.74) is 4.45. The van der Waals surface area contributed by atoms with E-state index in [4.69, 9.17) is 9.47 Å². The highest BCUT2D eigenvalue weighted by atomic mass is 16.5. The summed E-state index contributed by atoms with van der Waals surface area (Å²) in [6.45, 7) is 8.25. The fourth-order valence-electron chi connectivity index (χ4n) is 3.53. The van der Waals surface area contributed by atoms with Crippen molar-refractivity contribution in [1.82, 2.24) is 4.90 Å². The van der Waals surface area contributed by atoms with Crippen LogP contribution in [0.15, 0.2) is 36.4 Å². The first-order chi connectivity index (χ1) is 13.0. The molecule has 2 aromatic carbocycles. The Balaban J connectivity index is 1.64. The van der Waals surface area contributed by atoms with Crippen molar-refractivity contribution in [3.05, 3.63) is 53.1 Å². The molecule has 0 atom stereocenters. The lowest BCUT2D eigenvalue weighted by Crippen LogP contribution is -2.48. The average molecular weight is 368 g/mol. The van der Waals surface area contributed by atoms with E-state index in [-0.39, 0.29) is 5.78 Å². The predicted molar refractivity (Wildman–Crippen MR) is 108 cm³/mol. The van der Waals surface area contributed by atoms with E-state index in [0.29, 0.717) is 23.6 Å². The van der Waals surface area contributed by atoms with Gasteiger partial charge in [-0.25, -0.2) is 0 Å². The van der Waals surface area contributed by atoms with Crippen LogP contribution in [0.5, 0.6) is 11.5 Å². The fourth-order valence-corrected chi connectivity index (χ4v) is 3.53. The van der Waals surface area contributed by atoms with Crippen molar-refractivity contribution in [2.45, 2.75) is 13.8 Å². The van der Waals surface area contributed by atoms with Gasteiger partial charge in [-0.15, -0.1) is 0 Å². The van der Waals surface area contributed by atoms with E-state index >= 15 is 0 Å². The van der Waals surface area contributed by atoms with Gasteiger partial charge in [0.2, 0.25) is 0 Å². The zero-order valence-corrected chi connectivity index (χ0v) is 16.6. The molecule has 0 amide bonds. The molecule has 0 aromatic heterocycles. The molecule has 0 bridgehead atoms. The van der Waals surface area contributed by atoms with Crippen molar-refractivity contribution in [2.75, 3.05) is 51.8 Å². The number of nitrogens with zero attached hydrogens (tertiary/aromatic N) is 2. The van der Waals surface area contributed by atoms with E-state index in [1.165, 1.54) is 16.8 Å². The molecule has 0 spiro atoms. The van der Waals surface area contributed by atoms with Crippen LogP contribution in [0, 0.1) is 13.8 Å². The number of rotatable bonds is 6. The number of anilines is 1. The Morgan fingerprint density at radius 3 is 2.37 bits per heavy atom. The first-order valence-electron chi connectivity index (χ1n) is 9.31. The van der Waals surface area contributed by atoms with Crippen molar-refractivity contribution in [2.24, 2.45) is 0 Å². The van der Waals surface area contributed by atoms with Crippen LogP contribution in [0.25, 0.3) is 0 Å². The van der Waals surface area contributed by atoms with E-state index in [2.05, 4.69) is 41.8 Å². The van der Waals surface area contributed by atoms with Crippen molar-refractivity contribution in [3.63, 3.8) is 0 Å². The van der Waals surface area contributed by atoms with Gasteiger partial charge in [0.1, 0.15) is 11.5 Å². The molecule has 0 saturated carbocycles. The molecule has 3 rings (SSSR count). The van der Waals surface area contributed by atoms with Gasteiger partial charge in [-0.2, -0.15) is 0 Å². The Kier molecular flexibility index (Phi) is 6.01. The number of ketones is 1. The van der Waals surface area contributed by atoms with Crippen molar-refractivity contribution in [3.8, 4) is 11.5 Å². The SMILES string of the molecule is COc1ccc(OC)c(C(=O)CN2CCN(c3cc(C)ccc3C)CC2)c1.